The molecule has 2 N–H and O–H groups in total. The van der Waals surface area contributed by atoms with E-state index in [0.29, 0.717) is 13.0 Å². The van der Waals surface area contributed by atoms with Gasteiger partial charge in [0.2, 0.25) is 5.91 Å². The van der Waals surface area contributed by atoms with Gasteiger partial charge in [-0.15, -0.1) is 0 Å². The number of aliphatic carboxylic acids is 1. The number of carboxylic acids is 1. The van der Waals surface area contributed by atoms with Crippen LogP contribution in [0.25, 0.3) is 0 Å². The van der Waals surface area contributed by atoms with E-state index in [4.69, 9.17) is 9.84 Å². The summed E-state index contributed by atoms with van der Waals surface area (Å²) in [4.78, 5) is 22.4. The highest BCUT2D eigenvalue weighted by molar-refractivity contribution is 7.90. The van der Waals surface area contributed by atoms with Crippen LogP contribution in [0.15, 0.2) is 0 Å². The average molecular weight is 265 g/mol. The van der Waals surface area contributed by atoms with Gasteiger partial charge in [-0.05, 0) is 12.8 Å². The predicted octanol–water partition coefficient (Wildman–Crippen LogP) is -1.22. The summed E-state index contributed by atoms with van der Waals surface area (Å²) in [5.41, 5.74) is 0. The zero-order valence-electron chi connectivity index (χ0n) is 9.38. The molecule has 2 unspecified atom stereocenters. The molecule has 1 aliphatic heterocycles. The van der Waals surface area contributed by atoms with Crippen molar-refractivity contribution < 1.29 is 27.9 Å². The molecule has 0 aromatic rings. The number of hydrogen-bond donors (Lipinski definition) is 2. The van der Waals surface area contributed by atoms with E-state index in [1.807, 2.05) is 0 Å². The third-order valence-electron chi connectivity index (χ3n) is 2.31. The first-order valence-electron chi connectivity index (χ1n) is 5.12. The Hall–Kier alpha value is -1.15. The van der Waals surface area contributed by atoms with Gasteiger partial charge in [0.1, 0.15) is 22.0 Å². The molecule has 0 aromatic carbocycles. The van der Waals surface area contributed by atoms with Gasteiger partial charge in [0.25, 0.3) is 0 Å². The van der Waals surface area contributed by atoms with Gasteiger partial charge in [0, 0.05) is 12.9 Å². The third-order valence-corrected chi connectivity index (χ3v) is 3.24. The fraction of sp³-hybridized carbons (Fsp3) is 0.778. The Bertz CT molecular complexity index is 398. The van der Waals surface area contributed by atoms with E-state index in [0.717, 1.165) is 12.7 Å². The van der Waals surface area contributed by atoms with Gasteiger partial charge < -0.3 is 15.2 Å². The summed E-state index contributed by atoms with van der Waals surface area (Å²) in [7, 11) is -3.47. The number of ether oxygens (including phenoxy) is 1. The molecule has 98 valence electrons. The van der Waals surface area contributed by atoms with E-state index in [2.05, 4.69) is 5.32 Å². The third kappa shape index (κ3) is 4.70. The zero-order chi connectivity index (χ0) is 13.1. The van der Waals surface area contributed by atoms with Crippen molar-refractivity contribution in [3.63, 3.8) is 0 Å². The molecule has 0 aliphatic carbocycles. The Morgan fingerprint density at radius 1 is 1.53 bits per heavy atom. The number of carbonyl (C=O) groups is 2. The molecule has 7 nitrogen and oxygen atoms in total. The van der Waals surface area contributed by atoms with E-state index in [1.165, 1.54) is 0 Å². The number of carboxylic acid groups (broad SMARTS) is 1. The van der Waals surface area contributed by atoms with Crippen molar-refractivity contribution in [3.8, 4) is 0 Å². The maximum Gasteiger partial charge on any atom is 0.327 e. The Labute approximate surface area is 99.1 Å². The molecule has 2 atom stereocenters. The normalized spacial score (nSPS) is 22.1. The molecule has 0 bridgehead atoms. The van der Waals surface area contributed by atoms with Crippen LogP contribution in [0.5, 0.6) is 0 Å². The highest BCUT2D eigenvalue weighted by atomic mass is 32.2. The Kier molecular flexibility index (Phi) is 4.47. The maximum atomic E-state index is 11.6. The molecule has 1 amide bonds. The summed E-state index contributed by atoms with van der Waals surface area (Å²) >= 11 is 0. The molecule has 1 rings (SSSR count). The van der Waals surface area contributed by atoms with Gasteiger partial charge in [-0.1, -0.05) is 0 Å². The number of amides is 1. The molecule has 0 spiro atoms. The molecule has 0 aromatic heterocycles. The summed E-state index contributed by atoms with van der Waals surface area (Å²) < 4.78 is 27.1. The van der Waals surface area contributed by atoms with Gasteiger partial charge in [0.15, 0.2) is 0 Å². The molecular formula is C9H15NO6S. The average Bonchev–Trinajstić information content (AvgIpc) is 2.66. The lowest BCUT2D eigenvalue weighted by Gasteiger charge is -2.16. The first-order chi connectivity index (χ1) is 7.79. The van der Waals surface area contributed by atoms with Crippen molar-refractivity contribution >= 4 is 21.7 Å². The quantitative estimate of drug-likeness (QED) is 0.644. The van der Waals surface area contributed by atoms with E-state index in [1.54, 1.807) is 0 Å². The number of sulfone groups is 1. The number of hydrogen-bond acceptors (Lipinski definition) is 5. The van der Waals surface area contributed by atoms with Crippen molar-refractivity contribution in [2.45, 2.75) is 25.0 Å². The fourth-order valence-electron chi connectivity index (χ4n) is 1.53. The van der Waals surface area contributed by atoms with Crippen LogP contribution in [-0.4, -0.2) is 56.2 Å². The lowest BCUT2D eigenvalue weighted by molar-refractivity contribution is -0.142. The van der Waals surface area contributed by atoms with Crippen molar-refractivity contribution in [2.24, 2.45) is 0 Å². The minimum absolute atomic E-state index is 0.460. The smallest absolute Gasteiger partial charge is 0.327 e. The summed E-state index contributed by atoms with van der Waals surface area (Å²) in [6, 6.07) is -1.43. The minimum atomic E-state index is -3.47. The Morgan fingerprint density at radius 2 is 2.18 bits per heavy atom. The van der Waals surface area contributed by atoms with Gasteiger partial charge in [-0.2, -0.15) is 0 Å². The minimum Gasteiger partial charge on any atom is -0.480 e. The molecule has 1 heterocycles. The fourth-order valence-corrected chi connectivity index (χ4v) is 2.36. The molecule has 1 fully saturated rings. The predicted molar refractivity (Wildman–Crippen MR) is 58.3 cm³/mol. The van der Waals surface area contributed by atoms with Crippen LogP contribution in [-0.2, 0) is 24.2 Å². The Morgan fingerprint density at radius 3 is 2.59 bits per heavy atom. The van der Waals surface area contributed by atoms with Gasteiger partial charge in [-0.25, -0.2) is 13.2 Å². The second kappa shape index (κ2) is 5.46. The van der Waals surface area contributed by atoms with E-state index >= 15 is 0 Å². The summed E-state index contributed by atoms with van der Waals surface area (Å²) in [6.07, 6.45) is 1.51. The van der Waals surface area contributed by atoms with Gasteiger partial charge in [-0.3, -0.25) is 4.79 Å². The van der Waals surface area contributed by atoms with Crippen LogP contribution in [0, 0.1) is 0 Å². The summed E-state index contributed by atoms with van der Waals surface area (Å²) in [5.74, 6) is -2.57. The maximum absolute atomic E-state index is 11.6. The lowest BCUT2D eigenvalue weighted by Crippen LogP contribution is -2.48. The molecule has 0 radical (unpaired) electrons. The van der Waals surface area contributed by atoms with Crippen LogP contribution in [0.1, 0.15) is 12.8 Å². The summed E-state index contributed by atoms with van der Waals surface area (Å²) in [6.45, 7) is 0.460. The van der Waals surface area contributed by atoms with Crippen molar-refractivity contribution in [3.05, 3.63) is 0 Å². The standard InChI is InChI=1S/C9H15NO6S/c1-17(14,15)5-6(9(12)13)10-8(11)7-3-2-4-16-7/h6-7H,2-5H2,1H3,(H,10,11)(H,12,13). The number of nitrogens with one attached hydrogen (secondary N) is 1. The summed E-state index contributed by atoms with van der Waals surface area (Å²) in [5, 5.41) is 11.0. The van der Waals surface area contributed by atoms with Gasteiger partial charge >= 0.3 is 5.97 Å². The lowest BCUT2D eigenvalue weighted by atomic mass is 10.2. The van der Waals surface area contributed by atoms with Crippen molar-refractivity contribution in [1.29, 1.82) is 0 Å². The van der Waals surface area contributed by atoms with Crippen LogP contribution < -0.4 is 5.32 Å². The highest BCUT2D eigenvalue weighted by Crippen LogP contribution is 2.12. The van der Waals surface area contributed by atoms with E-state index in [-0.39, 0.29) is 0 Å². The molecule has 1 aliphatic rings. The molecular weight excluding hydrogens is 250 g/mol. The second-order valence-electron chi connectivity index (χ2n) is 3.99. The van der Waals surface area contributed by atoms with Gasteiger partial charge in [0.05, 0.1) is 5.75 Å². The van der Waals surface area contributed by atoms with E-state index in [9.17, 15) is 18.0 Å². The monoisotopic (exact) mass is 265 g/mol. The number of carbonyl (C=O) groups excluding carboxylic acids is 1. The van der Waals surface area contributed by atoms with Crippen LogP contribution in [0.2, 0.25) is 0 Å². The molecule has 8 heteroatoms. The van der Waals surface area contributed by atoms with Crippen LogP contribution >= 0.6 is 0 Å². The van der Waals surface area contributed by atoms with E-state index < -0.39 is 39.6 Å². The molecule has 1 saturated heterocycles. The topological polar surface area (TPSA) is 110 Å². The molecule has 17 heavy (non-hydrogen) atoms. The van der Waals surface area contributed by atoms with Crippen molar-refractivity contribution in [1.82, 2.24) is 5.32 Å². The second-order valence-corrected chi connectivity index (χ2v) is 6.18. The van der Waals surface area contributed by atoms with Crippen LogP contribution in [0.3, 0.4) is 0 Å². The first kappa shape index (κ1) is 13.9. The zero-order valence-corrected chi connectivity index (χ0v) is 10.2. The Balaban J connectivity index is 2.60. The first-order valence-corrected chi connectivity index (χ1v) is 7.18. The molecule has 0 saturated carbocycles. The SMILES string of the molecule is CS(=O)(=O)CC(NC(=O)C1CCCO1)C(=O)O. The largest absolute Gasteiger partial charge is 0.480 e. The highest BCUT2D eigenvalue weighted by Gasteiger charge is 2.30. The number of rotatable bonds is 5. The van der Waals surface area contributed by atoms with Crippen LogP contribution in [0.4, 0.5) is 0 Å². The van der Waals surface area contributed by atoms with Crippen molar-refractivity contribution in [2.75, 3.05) is 18.6 Å².